The van der Waals surface area contributed by atoms with Gasteiger partial charge in [0, 0.05) is 38.2 Å². The first kappa shape index (κ1) is 28.5. The summed E-state index contributed by atoms with van der Waals surface area (Å²) < 4.78 is 4.63. The zero-order chi connectivity index (χ0) is 33.3. The normalized spacial score (nSPS) is 11.8. The molecule has 0 spiro atoms. The zero-order valence-electron chi connectivity index (χ0n) is 27.8. The van der Waals surface area contributed by atoms with Gasteiger partial charge in [-0.1, -0.05) is 109 Å². The van der Waals surface area contributed by atoms with E-state index in [9.17, 15) is 0 Å². The number of aryl methyl sites for hydroxylation is 2. The first-order valence-electron chi connectivity index (χ1n) is 17.1. The standard InChI is InChI=1S/C46H32N4/c1-29-24-30(2)26-34(25-29)49-41-18-10-8-15-36(41)39-27-32(21-23-43(39)49)33-20-22-37-35-14-7-11-19-42(35)50(44(37)28-33)46-47-40-17-9-6-16-38(40)45(48-46)31-12-4-3-5-13-31/h3-28H,1-2H3. The van der Waals surface area contributed by atoms with Crippen molar-refractivity contribution in [3.05, 3.63) is 169 Å². The topological polar surface area (TPSA) is 35.6 Å². The lowest BCUT2D eigenvalue weighted by Crippen LogP contribution is -2.03. The fourth-order valence-corrected chi connectivity index (χ4v) is 7.86. The van der Waals surface area contributed by atoms with Crippen molar-refractivity contribution >= 4 is 54.5 Å². The molecule has 0 aliphatic carbocycles. The van der Waals surface area contributed by atoms with Crippen molar-refractivity contribution in [1.29, 1.82) is 0 Å². The molecule has 0 fully saturated rings. The van der Waals surface area contributed by atoms with E-state index in [4.69, 9.17) is 9.97 Å². The summed E-state index contributed by atoms with van der Waals surface area (Å²) in [6.45, 7) is 4.34. The van der Waals surface area contributed by atoms with Crippen LogP contribution in [0.15, 0.2) is 158 Å². The van der Waals surface area contributed by atoms with E-state index >= 15 is 0 Å². The van der Waals surface area contributed by atoms with Gasteiger partial charge in [-0.2, -0.15) is 0 Å². The minimum absolute atomic E-state index is 0.665. The highest BCUT2D eigenvalue weighted by Gasteiger charge is 2.19. The number of aromatic nitrogens is 4. The molecule has 0 amide bonds. The van der Waals surface area contributed by atoms with E-state index in [1.807, 2.05) is 12.1 Å². The Morgan fingerprint density at radius 3 is 1.74 bits per heavy atom. The fourth-order valence-electron chi connectivity index (χ4n) is 7.86. The van der Waals surface area contributed by atoms with Gasteiger partial charge in [0.05, 0.1) is 33.3 Å². The van der Waals surface area contributed by atoms with Crippen molar-refractivity contribution in [2.45, 2.75) is 13.8 Å². The molecule has 0 atom stereocenters. The predicted octanol–water partition coefficient (Wildman–Crippen LogP) is 11.8. The number of benzene rings is 7. The highest BCUT2D eigenvalue weighted by Crippen LogP contribution is 2.38. The van der Waals surface area contributed by atoms with Crippen LogP contribution in [0.3, 0.4) is 0 Å². The average Bonchev–Trinajstić information content (AvgIpc) is 3.66. The zero-order valence-corrected chi connectivity index (χ0v) is 27.8. The third-order valence-corrected chi connectivity index (χ3v) is 9.98. The highest BCUT2D eigenvalue weighted by molar-refractivity contribution is 6.12. The second-order valence-corrected chi connectivity index (χ2v) is 13.3. The maximum absolute atomic E-state index is 5.28. The monoisotopic (exact) mass is 640 g/mol. The van der Waals surface area contributed by atoms with Crippen LogP contribution in [0.1, 0.15) is 11.1 Å². The molecule has 4 heteroatoms. The Kier molecular flexibility index (Phi) is 6.27. The maximum Gasteiger partial charge on any atom is 0.235 e. The van der Waals surface area contributed by atoms with Crippen LogP contribution in [0.25, 0.3) is 88.5 Å². The molecular weight excluding hydrogens is 609 g/mol. The van der Waals surface area contributed by atoms with E-state index in [2.05, 4.69) is 169 Å². The molecule has 50 heavy (non-hydrogen) atoms. The molecule has 0 saturated carbocycles. The van der Waals surface area contributed by atoms with Crippen LogP contribution in [-0.2, 0) is 0 Å². The fraction of sp³-hybridized carbons (Fsp3) is 0.0435. The van der Waals surface area contributed by atoms with E-state index in [1.54, 1.807) is 0 Å². The number of hydrogen-bond acceptors (Lipinski definition) is 2. The summed E-state index contributed by atoms with van der Waals surface area (Å²) in [6.07, 6.45) is 0. The number of hydrogen-bond donors (Lipinski definition) is 0. The summed E-state index contributed by atoms with van der Waals surface area (Å²) in [5.41, 5.74) is 13.5. The number of fused-ring (bicyclic) bond motifs is 7. The minimum atomic E-state index is 0.665. The van der Waals surface area contributed by atoms with Crippen LogP contribution < -0.4 is 0 Å². The Hall–Kier alpha value is -6.52. The first-order valence-corrected chi connectivity index (χ1v) is 17.1. The molecule has 236 valence electrons. The first-order chi connectivity index (χ1) is 24.6. The average molecular weight is 641 g/mol. The van der Waals surface area contributed by atoms with Crippen molar-refractivity contribution in [3.63, 3.8) is 0 Å². The van der Waals surface area contributed by atoms with Gasteiger partial charge in [-0.05, 0) is 84.6 Å². The number of nitrogens with zero attached hydrogens (tertiary/aromatic N) is 4. The molecule has 0 aliphatic heterocycles. The molecule has 0 bridgehead atoms. The molecule has 10 rings (SSSR count). The second kappa shape index (κ2) is 11.0. The van der Waals surface area contributed by atoms with Crippen molar-refractivity contribution in [1.82, 2.24) is 19.1 Å². The van der Waals surface area contributed by atoms with E-state index in [0.717, 1.165) is 38.8 Å². The largest absolute Gasteiger partial charge is 0.309 e. The summed E-state index contributed by atoms with van der Waals surface area (Å²) in [5, 5.41) is 5.88. The molecule has 0 saturated heterocycles. The number of rotatable bonds is 4. The van der Waals surface area contributed by atoms with Gasteiger partial charge in [0.1, 0.15) is 0 Å². The van der Waals surface area contributed by atoms with Gasteiger partial charge < -0.3 is 4.57 Å². The van der Waals surface area contributed by atoms with Crippen LogP contribution >= 0.6 is 0 Å². The molecule has 0 radical (unpaired) electrons. The number of para-hydroxylation sites is 3. The molecule has 0 aliphatic rings. The van der Waals surface area contributed by atoms with Crippen LogP contribution in [0.4, 0.5) is 0 Å². The molecular formula is C46H32N4. The van der Waals surface area contributed by atoms with Crippen molar-refractivity contribution < 1.29 is 0 Å². The second-order valence-electron chi connectivity index (χ2n) is 13.3. The molecule has 3 heterocycles. The Balaban J connectivity index is 1.21. The van der Waals surface area contributed by atoms with E-state index < -0.39 is 0 Å². The van der Waals surface area contributed by atoms with Crippen molar-refractivity contribution in [2.24, 2.45) is 0 Å². The van der Waals surface area contributed by atoms with E-state index in [0.29, 0.717) is 5.95 Å². The van der Waals surface area contributed by atoms with E-state index in [-0.39, 0.29) is 0 Å². The Morgan fingerprint density at radius 2 is 0.960 bits per heavy atom. The molecule has 10 aromatic rings. The SMILES string of the molecule is Cc1cc(C)cc(-n2c3ccccc3c3cc(-c4ccc5c6ccccc6n(-c6nc(-c7ccccc7)c7ccccc7n6)c5c4)ccc32)c1. The molecule has 7 aromatic carbocycles. The van der Waals surface area contributed by atoms with Gasteiger partial charge in [-0.25, -0.2) is 9.97 Å². The summed E-state index contributed by atoms with van der Waals surface area (Å²) in [4.78, 5) is 10.5. The highest BCUT2D eigenvalue weighted by atomic mass is 15.2. The molecule has 0 N–H and O–H groups in total. The van der Waals surface area contributed by atoms with Gasteiger partial charge in [-0.15, -0.1) is 0 Å². The lowest BCUT2D eigenvalue weighted by Gasteiger charge is -2.12. The van der Waals surface area contributed by atoms with Crippen molar-refractivity contribution in [2.75, 3.05) is 0 Å². The summed E-state index contributed by atoms with van der Waals surface area (Å²) in [6, 6.07) is 56.5. The third kappa shape index (κ3) is 4.39. The van der Waals surface area contributed by atoms with Gasteiger partial charge in [0.2, 0.25) is 5.95 Å². The van der Waals surface area contributed by atoms with Crippen LogP contribution in [-0.4, -0.2) is 19.1 Å². The van der Waals surface area contributed by atoms with Gasteiger partial charge in [0.15, 0.2) is 0 Å². The molecule has 4 nitrogen and oxygen atoms in total. The Morgan fingerprint density at radius 1 is 0.380 bits per heavy atom. The summed E-state index contributed by atoms with van der Waals surface area (Å²) >= 11 is 0. The van der Waals surface area contributed by atoms with Crippen LogP contribution in [0, 0.1) is 13.8 Å². The molecule has 3 aromatic heterocycles. The lowest BCUT2D eigenvalue weighted by atomic mass is 10.0. The predicted molar refractivity (Wildman–Crippen MR) is 209 cm³/mol. The van der Waals surface area contributed by atoms with Crippen LogP contribution in [0.2, 0.25) is 0 Å². The summed E-state index contributed by atoms with van der Waals surface area (Å²) in [5.74, 6) is 0.665. The minimum Gasteiger partial charge on any atom is -0.309 e. The van der Waals surface area contributed by atoms with Gasteiger partial charge in [0.25, 0.3) is 0 Å². The third-order valence-electron chi connectivity index (χ3n) is 9.98. The van der Waals surface area contributed by atoms with Gasteiger partial charge in [-0.3, -0.25) is 4.57 Å². The Bertz CT molecular complexity index is 2930. The Labute approximate surface area is 289 Å². The lowest BCUT2D eigenvalue weighted by molar-refractivity contribution is 1.01. The van der Waals surface area contributed by atoms with Gasteiger partial charge >= 0.3 is 0 Å². The quantitative estimate of drug-likeness (QED) is 0.192. The molecule has 0 unspecified atom stereocenters. The summed E-state index contributed by atoms with van der Waals surface area (Å²) in [7, 11) is 0. The smallest absolute Gasteiger partial charge is 0.235 e. The maximum atomic E-state index is 5.28. The van der Waals surface area contributed by atoms with Crippen molar-refractivity contribution in [3.8, 4) is 34.0 Å². The van der Waals surface area contributed by atoms with E-state index in [1.165, 1.54) is 55.0 Å². The van der Waals surface area contributed by atoms with Crippen LogP contribution in [0.5, 0.6) is 0 Å².